The summed E-state index contributed by atoms with van der Waals surface area (Å²) in [7, 11) is 2.16. The molecule has 0 amide bonds. The molecule has 94 valence electrons. The van der Waals surface area contributed by atoms with E-state index in [2.05, 4.69) is 22.2 Å². The molecular weight excluding hydrogens is 236 g/mol. The maximum atomic E-state index is 5.85. The average molecular weight is 255 g/mol. The van der Waals surface area contributed by atoms with E-state index in [9.17, 15) is 0 Å². The molecular formula is C12H19ClN4. The van der Waals surface area contributed by atoms with Gasteiger partial charge in [-0.1, -0.05) is 11.6 Å². The molecule has 5 heteroatoms. The zero-order chi connectivity index (χ0) is 12.3. The first kappa shape index (κ1) is 12.5. The van der Waals surface area contributed by atoms with Crippen LogP contribution in [0.2, 0.25) is 5.15 Å². The van der Waals surface area contributed by atoms with E-state index in [0.29, 0.717) is 22.6 Å². The number of piperidine rings is 1. The molecule has 0 aromatic carbocycles. The van der Waals surface area contributed by atoms with Crippen LogP contribution in [0.1, 0.15) is 12.8 Å². The van der Waals surface area contributed by atoms with Gasteiger partial charge in [0.15, 0.2) is 5.82 Å². The van der Waals surface area contributed by atoms with Crippen LogP contribution in [-0.2, 0) is 0 Å². The number of likely N-dealkylation sites (tertiary alicyclic amines) is 1. The van der Waals surface area contributed by atoms with Crippen LogP contribution in [0.3, 0.4) is 0 Å². The van der Waals surface area contributed by atoms with Gasteiger partial charge in [-0.25, -0.2) is 4.98 Å². The van der Waals surface area contributed by atoms with Gasteiger partial charge >= 0.3 is 0 Å². The zero-order valence-electron chi connectivity index (χ0n) is 10.1. The topological polar surface area (TPSA) is 54.2 Å². The molecule has 1 aromatic rings. The molecule has 1 unspecified atom stereocenters. The maximum absolute atomic E-state index is 5.85. The van der Waals surface area contributed by atoms with E-state index < -0.39 is 0 Å². The third kappa shape index (κ3) is 3.48. The number of anilines is 2. The molecule has 0 spiro atoms. The van der Waals surface area contributed by atoms with Gasteiger partial charge in [-0.2, -0.15) is 0 Å². The van der Waals surface area contributed by atoms with Crippen LogP contribution in [0.15, 0.2) is 12.1 Å². The van der Waals surface area contributed by atoms with Gasteiger partial charge in [-0.05, 0) is 44.5 Å². The Labute approximate surface area is 107 Å². The SMILES string of the molecule is CN1CCCC(CNc2nc(Cl)ccc2N)C1. The van der Waals surface area contributed by atoms with Crippen molar-refractivity contribution < 1.29 is 0 Å². The third-order valence-electron chi connectivity index (χ3n) is 3.17. The Morgan fingerprint density at radius 3 is 3.18 bits per heavy atom. The summed E-state index contributed by atoms with van der Waals surface area (Å²) in [6.45, 7) is 3.24. The van der Waals surface area contributed by atoms with Gasteiger partial charge in [-0.15, -0.1) is 0 Å². The Kier molecular flexibility index (Phi) is 4.07. The summed E-state index contributed by atoms with van der Waals surface area (Å²) in [6.07, 6.45) is 2.53. The lowest BCUT2D eigenvalue weighted by Crippen LogP contribution is -2.35. The molecule has 2 heterocycles. The van der Waals surface area contributed by atoms with Crippen LogP contribution in [0, 0.1) is 5.92 Å². The minimum atomic E-state index is 0.475. The van der Waals surface area contributed by atoms with E-state index in [1.807, 2.05) is 0 Å². The highest BCUT2D eigenvalue weighted by atomic mass is 35.5. The molecule has 1 aromatic heterocycles. The second-order valence-corrected chi connectivity index (χ2v) is 5.11. The van der Waals surface area contributed by atoms with E-state index in [1.54, 1.807) is 12.1 Å². The number of hydrogen-bond acceptors (Lipinski definition) is 4. The van der Waals surface area contributed by atoms with Crippen molar-refractivity contribution in [2.45, 2.75) is 12.8 Å². The number of nitrogens with two attached hydrogens (primary N) is 1. The van der Waals surface area contributed by atoms with E-state index in [1.165, 1.54) is 19.4 Å². The zero-order valence-corrected chi connectivity index (χ0v) is 10.9. The molecule has 2 rings (SSSR count). The van der Waals surface area contributed by atoms with Gasteiger partial charge in [0, 0.05) is 13.1 Å². The van der Waals surface area contributed by atoms with Crippen LogP contribution in [0.25, 0.3) is 0 Å². The fraction of sp³-hybridized carbons (Fsp3) is 0.583. The van der Waals surface area contributed by atoms with Crippen molar-refractivity contribution in [2.24, 2.45) is 5.92 Å². The summed E-state index contributed by atoms with van der Waals surface area (Å²) >= 11 is 5.85. The first-order valence-electron chi connectivity index (χ1n) is 5.99. The molecule has 0 aliphatic carbocycles. The molecule has 0 bridgehead atoms. The number of halogens is 1. The number of hydrogen-bond donors (Lipinski definition) is 2. The predicted molar refractivity (Wildman–Crippen MR) is 72.4 cm³/mol. The number of rotatable bonds is 3. The Balaban J connectivity index is 1.90. The Morgan fingerprint density at radius 2 is 2.41 bits per heavy atom. The first-order chi connectivity index (χ1) is 8.15. The molecule has 17 heavy (non-hydrogen) atoms. The molecule has 4 nitrogen and oxygen atoms in total. The second-order valence-electron chi connectivity index (χ2n) is 4.72. The van der Waals surface area contributed by atoms with Crippen molar-refractivity contribution in [1.82, 2.24) is 9.88 Å². The largest absolute Gasteiger partial charge is 0.396 e. The lowest BCUT2D eigenvalue weighted by molar-refractivity contribution is 0.217. The number of nitrogens with one attached hydrogen (secondary N) is 1. The van der Waals surface area contributed by atoms with E-state index in [4.69, 9.17) is 17.3 Å². The van der Waals surface area contributed by atoms with Gasteiger partial charge in [0.1, 0.15) is 5.15 Å². The minimum Gasteiger partial charge on any atom is -0.396 e. The number of nitrogen functional groups attached to an aromatic ring is 1. The number of aromatic nitrogens is 1. The van der Waals surface area contributed by atoms with Gasteiger partial charge in [0.25, 0.3) is 0 Å². The molecule has 1 aliphatic rings. The maximum Gasteiger partial charge on any atom is 0.150 e. The third-order valence-corrected chi connectivity index (χ3v) is 3.38. The molecule has 1 fully saturated rings. The van der Waals surface area contributed by atoms with Crippen molar-refractivity contribution >= 4 is 23.1 Å². The van der Waals surface area contributed by atoms with Crippen molar-refractivity contribution in [3.8, 4) is 0 Å². The van der Waals surface area contributed by atoms with E-state index in [-0.39, 0.29) is 0 Å². The highest BCUT2D eigenvalue weighted by Crippen LogP contribution is 2.20. The quantitative estimate of drug-likeness (QED) is 0.811. The fourth-order valence-corrected chi connectivity index (χ4v) is 2.42. The van der Waals surface area contributed by atoms with Crippen LogP contribution < -0.4 is 11.1 Å². The first-order valence-corrected chi connectivity index (χ1v) is 6.37. The van der Waals surface area contributed by atoms with Gasteiger partial charge < -0.3 is 16.0 Å². The second kappa shape index (κ2) is 5.56. The summed E-state index contributed by atoms with van der Waals surface area (Å²) < 4.78 is 0. The van der Waals surface area contributed by atoms with Crippen molar-refractivity contribution in [3.05, 3.63) is 17.3 Å². The predicted octanol–water partition coefficient (Wildman–Crippen LogP) is 2.07. The van der Waals surface area contributed by atoms with E-state index >= 15 is 0 Å². The van der Waals surface area contributed by atoms with Gasteiger partial charge in [0.2, 0.25) is 0 Å². The highest BCUT2D eigenvalue weighted by Gasteiger charge is 2.17. The fourth-order valence-electron chi connectivity index (χ4n) is 2.27. The molecule has 0 saturated carbocycles. The van der Waals surface area contributed by atoms with Crippen LogP contribution in [0.4, 0.5) is 11.5 Å². The van der Waals surface area contributed by atoms with Crippen LogP contribution in [0.5, 0.6) is 0 Å². The minimum absolute atomic E-state index is 0.475. The summed E-state index contributed by atoms with van der Waals surface area (Å²) in [5, 5.41) is 3.77. The van der Waals surface area contributed by atoms with Crippen molar-refractivity contribution in [2.75, 3.05) is 37.7 Å². The normalized spacial score (nSPS) is 21.4. The Hall–Kier alpha value is -1.00. The summed E-state index contributed by atoms with van der Waals surface area (Å²) in [5.74, 6) is 1.36. The smallest absolute Gasteiger partial charge is 0.150 e. The molecule has 0 radical (unpaired) electrons. The summed E-state index contributed by atoms with van der Waals surface area (Å²) in [4.78, 5) is 6.56. The van der Waals surface area contributed by atoms with Crippen molar-refractivity contribution in [1.29, 1.82) is 0 Å². The summed E-state index contributed by atoms with van der Waals surface area (Å²) in [5.41, 5.74) is 6.49. The van der Waals surface area contributed by atoms with Gasteiger partial charge in [0.05, 0.1) is 5.69 Å². The standard InChI is InChI=1S/C12H19ClN4/c1-17-6-2-3-9(8-17)7-15-12-10(14)4-5-11(13)16-12/h4-5,9H,2-3,6-8,14H2,1H3,(H,15,16). The number of nitrogens with zero attached hydrogens (tertiary/aromatic N) is 2. The van der Waals surface area contributed by atoms with Crippen molar-refractivity contribution in [3.63, 3.8) is 0 Å². The molecule has 1 aliphatic heterocycles. The average Bonchev–Trinajstić information content (AvgIpc) is 2.30. The van der Waals surface area contributed by atoms with Gasteiger partial charge in [-0.3, -0.25) is 0 Å². The Bertz CT molecular complexity index is 383. The lowest BCUT2D eigenvalue weighted by Gasteiger charge is -2.29. The lowest BCUT2D eigenvalue weighted by atomic mass is 9.98. The number of pyridine rings is 1. The van der Waals surface area contributed by atoms with E-state index in [0.717, 1.165) is 13.1 Å². The summed E-state index contributed by atoms with van der Waals surface area (Å²) in [6, 6.07) is 3.49. The van der Waals surface area contributed by atoms with Crippen LogP contribution in [-0.4, -0.2) is 36.6 Å². The Morgan fingerprint density at radius 1 is 1.59 bits per heavy atom. The molecule has 1 atom stereocenters. The molecule has 3 N–H and O–H groups in total. The highest BCUT2D eigenvalue weighted by molar-refractivity contribution is 6.29. The monoisotopic (exact) mass is 254 g/mol. The molecule has 1 saturated heterocycles. The van der Waals surface area contributed by atoms with Crippen LogP contribution >= 0.6 is 11.6 Å².